The van der Waals surface area contributed by atoms with Gasteiger partial charge in [0, 0.05) is 4.83 Å². The Kier molecular flexibility index (Phi) is 1.67. The normalized spacial score (nSPS) is 43.0. The fourth-order valence-corrected chi connectivity index (χ4v) is 3.11. The summed E-state index contributed by atoms with van der Waals surface area (Å²) in [5.74, 6) is 1.79. The fraction of sp³-hybridized carbons (Fsp3) is 1.00. The molecule has 0 aromatic rings. The molecule has 0 heterocycles. The second kappa shape index (κ2) is 1.98. The number of hydrogen-bond acceptors (Lipinski definition) is 0. The molecule has 0 amide bonds. The highest BCUT2D eigenvalue weighted by molar-refractivity contribution is 9.09. The van der Waals surface area contributed by atoms with E-state index in [4.69, 9.17) is 0 Å². The van der Waals surface area contributed by atoms with Crippen LogP contribution in [0.3, 0.4) is 0 Å². The van der Waals surface area contributed by atoms with Crippen molar-refractivity contribution in [2.75, 3.05) is 0 Å². The minimum Gasteiger partial charge on any atom is -0.0884 e. The molecule has 0 aromatic heterocycles. The molecule has 0 saturated heterocycles. The van der Waals surface area contributed by atoms with Gasteiger partial charge in [-0.1, -0.05) is 43.6 Å². The van der Waals surface area contributed by atoms with Gasteiger partial charge in [-0.05, 0) is 17.3 Å². The molecule has 1 heteroatoms. The average Bonchev–Trinajstić information content (AvgIpc) is 2.11. The number of halogens is 1. The first-order valence-corrected chi connectivity index (χ1v) is 4.50. The lowest BCUT2D eigenvalue weighted by Gasteiger charge is -2.17. The predicted molar refractivity (Wildman–Crippen MR) is 44.8 cm³/mol. The first-order chi connectivity index (χ1) is 3.94. The third-order valence-corrected chi connectivity index (χ3v) is 3.67. The van der Waals surface area contributed by atoms with Crippen molar-refractivity contribution in [3.8, 4) is 0 Å². The maximum Gasteiger partial charge on any atom is 0.0210 e. The predicted octanol–water partition coefficient (Wildman–Crippen LogP) is 3.06. The number of alkyl halides is 1. The van der Waals surface area contributed by atoms with E-state index < -0.39 is 0 Å². The Hall–Kier alpha value is 0.480. The largest absolute Gasteiger partial charge is 0.0884 e. The number of rotatable bonds is 0. The zero-order valence-electron chi connectivity index (χ0n) is 6.61. The molecule has 1 aliphatic rings. The summed E-state index contributed by atoms with van der Waals surface area (Å²) in [5, 5.41) is 0. The highest BCUT2D eigenvalue weighted by Crippen LogP contribution is 2.54. The van der Waals surface area contributed by atoms with Gasteiger partial charge in [0.1, 0.15) is 0 Å². The first-order valence-electron chi connectivity index (χ1n) is 3.58. The van der Waals surface area contributed by atoms with Crippen LogP contribution in [0.15, 0.2) is 0 Å². The van der Waals surface area contributed by atoms with Gasteiger partial charge in [-0.25, -0.2) is 0 Å². The van der Waals surface area contributed by atoms with Crippen LogP contribution in [0.4, 0.5) is 0 Å². The first kappa shape index (κ1) is 7.59. The lowest BCUT2D eigenvalue weighted by Crippen LogP contribution is -2.09. The van der Waals surface area contributed by atoms with Gasteiger partial charge in [-0.3, -0.25) is 0 Å². The summed E-state index contributed by atoms with van der Waals surface area (Å²) in [7, 11) is 0. The van der Waals surface area contributed by atoms with E-state index in [9.17, 15) is 0 Å². The molecule has 0 aromatic carbocycles. The van der Waals surface area contributed by atoms with Crippen molar-refractivity contribution < 1.29 is 0 Å². The summed E-state index contributed by atoms with van der Waals surface area (Å²) < 4.78 is 0. The van der Waals surface area contributed by atoms with Crippen LogP contribution in [0.2, 0.25) is 0 Å². The topological polar surface area (TPSA) is 0 Å². The highest BCUT2D eigenvalue weighted by Gasteiger charge is 2.51. The minimum atomic E-state index is 0.508. The van der Waals surface area contributed by atoms with Gasteiger partial charge >= 0.3 is 0 Å². The van der Waals surface area contributed by atoms with Gasteiger partial charge < -0.3 is 0 Å². The molecule has 0 nitrogen and oxygen atoms in total. The molecule has 0 bridgehead atoms. The SMILES string of the molecule is C[C@@H]1[C@H](Br)[C@@H]1C(C)(C)C. The lowest BCUT2D eigenvalue weighted by molar-refractivity contribution is 0.336. The molecule has 1 aliphatic carbocycles. The summed E-state index contributed by atoms with van der Waals surface area (Å²) in [6.45, 7) is 9.26. The van der Waals surface area contributed by atoms with E-state index >= 15 is 0 Å². The van der Waals surface area contributed by atoms with Crippen LogP contribution in [0, 0.1) is 17.3 Å². The van der Waals surface area contributed by atoms with Gasteiger partial charge in [0.2, 0.25) is 0 Å². The van der Waals surface area contributed by atoms with Crippen LogP contribution < -0.4 is 0 Å². The summed E-state index contributed by atoms with van der Waals surface area (Å²) in [6.07, 6.45) is 0. The summed E-state index contributed by atoms with van der Waals surface area (Å²) >= 11 is 3.65. The van der Waals surface area contributed by atoms with Crippen LogP contribution in [-0.2, 0) is 0 Å². The molecule has 0 unspecified atom stereocenters. The standard InChI is InChI=1S/C8H15Br/c1-5-6(7(5)9)8(2,3)4/h5-7H,1-4H3/t5-,6+,7-/m0/s1. The zero-order valence-corrected chi connectivity index (χ0v) is 8.20. The van der Waals surface area contributed by atoms with Crippen LogP contribution in [0.5, 0.6) is 0 Å². The molecule has 1 saturated carbocycles. The van der Waals surface area contributed by atoms with E-state index in [1.54, 1.807) is 0 Å². The Morgan fingerprint density at radius 2 is 1.56 bits per heavy atom. The molecular formula is C8H15Br. The van der Waals surface area contributed by atoms with Gasteiger partial charge in [-0.2, -0.15) is 0 Å². The summed E-state index contributed by atoms with van der Waals surface area (Å²) in [4.78, 5) is 0.789. The highest BCUT2D eigenvalue weighted by atomic mass is 79.9. The molecule has 0 aliphatic heterocycles. The lowest BCUT2D eigenvalue weighted by atomic mass is 9.89. The second-order valence-corrected chi connectivity index (χ2v) is 5.25. The minimum absolute atomic E-state index is 0.508. The molecular weight excluding hydrogens is 176 g/mol. The summed E-state index contributed by atoms with van der Waals surface area (Å²) in [5.41, 5.74) is 0.508. The smallest absolute Gasteiger partial charge is 0.0210 e. The molecule has 0 spiro atoms. The molecule has 3 atom stereocenters. The van der Waals surface area contributed by atoms with Gasteiger partial charge in [0.15, 0.2) is 0 Å². The average molecular weight is 191 g/mol. The van der Waals surface area contributed by atoms with Crippen LogP contribution in [0.1, 0.15) is 27.7 Å². The van der Waals surface area contributed by atoms with Gasteiger partial charge in [0.05, 0.1) is 0 Å². The Bertz CT molecular complexity index is 104. The van der Waals surface area contributed by atoms with Crippen LogP contribution in [0.25, 0.3) is 0 Å². The molecule has 9 heavy (non-hydrogen) atoms. The number of hydrogen-bond donors (Lipinski definition) is 0. The Balaban J connectivity index is 2.50. The van der Waals surface area contributed by atoms with E-state index in [0.717, 1.165) is 16.7 Å². The van der Waals surface area contributed by atoms with Crippen molar-refractivity contribution in [1.82, 2.24) is 0 Å². The van der Waals surface area contributed by atoms with Crippen molar-refractivity contribution in [2.24, 2.45) is 17.3 Å². The fourth-order valence-electron chi connectivity index (χ4n) is 1.68. The Labute approximate surface area is 66.2 Å². The van der Waals surface area contributed by atoms with Gasteiger partial charge in [0.25, 0.3) is 0 Å². The zero-order chi connectivity index (χ0) is 7.23. The molecule has 1 rings (SSSR count). The Morgan fingerprint density at radius 1 is 1.22 bits per heavy atom. The van der Waals surface area contributed by atoms with Crippen molar-refractivity contribution in [3.63, 3.8) is 0 Å². The molecule has 0 N–H and O–H groups in total. The van der Waals surface area contributed by atoms with E-state index in [-0.39, 0.29) is 0 Å². The summed E-state index contributed by atoms with van der Waals surface area (Å²) in [6, 6.07) is 0. The maximum absolute atomic E-state index is 3.65. The molecule has 1 fully saturated rings. The van der Waals surface area contributed by atoms with Crippen LogP contribution >= 0.6 is 15.9 Å². The van der Waals surface area contributed by atoms with Crippen molar-refractivity contribution in [2.45, 2.75) is 32.5 Å². The Morgan fingerprint density at radius 3 is 1.56 bits per heavy atom. The quantitative estimate of drug-likeness (QED) is 0.516. The van der Waals surface area contributed by atoms with Crippen molar-refractivity contribution in [1.29, 1.82) is 0 Å². The van der Waals surface area contributed by atoms with Gasteiger partial charge in [-0.15, -0.1) is 0 Å². The van der Waals surface area contributed by atoms with E-state index in [1.165, 1.54) is 0 Å². The van der Waals surface area contributed by atoms with E-state index in [2.05, 4.69) is 43.6 Å². The molecule has 0 radical (unpaired) electrons. The molecule has 54 valence electrons. The second-order valence-electron chi connectivity index (χ2n) is 4.20. The van der Waals surface area contributed by atoms with Crippen molar-refractivity contribution in [3.05, 3.63) is 0 Å². The monoisotopic (exact) mass is 190 g/mol. The third-order valence-electron chi connectivity index (χ3n) is 2.27. The third kappa shape index (κ3) is 1.31. The van der Waals surface area contributed by atoms with Crippen LogP contribution in [-0.4, -0.2) is 4.83 Å². The van der Waals surface area contributed by atoms with E-state index in [1.807, 2.05) is 0 Å². The van der Waals surface area contributed by atoms with Crippen molar-refractivity contribution >= 4 is 15.9 Å². The maximum atomic E-state index is 3.65. The van der Waals surface area contributed by atoms with E-state index in [0.29, 0.717) is 5.41 Å².